The van der Waals surface area contributed by atoms with Gasteiger partial charge in [-0.2, -0.15) is 15.0 Å². The van der Waals surface area contributed by atoms with Gasteiger partial charge in [-0.05, 0) is 42.5 Å². The summed E-state index contributed by atoms with van der Waals surface area (Å²) in [5, 5.41) is 30.4. The van der Waals surface area contributed by atoms with Crippen LogP contribution in [-0.2, 0) is 0 Å². The molecule has 4 aromatic rings. The monoisotopic (exact) mass is 428 g/mol. The molecule has 2 aromatic heterocycles. The van der Waals surface area contributed by atoms with E-state index in [0.717, 1.165) is 10.1 Å². The van der Waals surface area contributed by atoms with Gasteiger partial charge < -0.3 is 9.47 Å². The molecule has 2 N–H and O–H groups in total. The molecule has 158 valence electrons. The molecule has 0 aliphatic rings. The van der Waals surface area contributed by atoms with Crippen molar-refractivity contribution in [1.82, 2.24) is 14.8 Å². The number of nitrogens with zero attached hydrogens (tertiary/aromatic N) is 4. The van der Waals surface area contributed by atoms with Crippen LogP contribution in [0.25, 0.3) is 22.2 Å². The highest BCUT2D eigenvalue weighted by Gasteiger charge is 2.11. The molecule has 0 aliphatic heterocycles. The van der Waals surface area contributed by atoms with E-state index in [1.165, 1.54) is 18.2 Å². The van der Waals surface area contributed by atoms with Crippen LogP contribution in [0.4, 0.5) is 4.39 Å². The Morgan fingerprint density at radius 2 is 2.00 bits per heavy atom. The van der Waals surface area contributed by atoms with Crippen LogP contribution in [0.15, 0.2) is 60.8 Å². The van der Waals surface area contributed by atoms with E-state index >= 15 is 0 Å². The fourth-order valence-electron chi connectivity index (χ4n) is 3.11. The fraction of sp³-hybridized carbons (Fsp3) is 0.0870. The van der Waals surface area contributed by atoms with Crippen molar-refractivity contribution >= 4 is 16.7 Å². The van der Waals surface area contributed by atoms with Gasteiger partial charge >= 0.3 is 0 Å². The predicted molar refractivity (Wildman–Crippen MR) is 115 cm³/mol. The molecule has 2 aromatic carbocycles. The van der Waals surface area contributed by atoms with Gasteiger partial charge in [0.25, 0.3) is 0 Å². The lowest BCUT2D eigenvalue weighted by molar-refractivity contribution is 0.373. The Kier molecular flexibility index (Phi) is 5.59. The number of fused-ring (bicyclic) bond motifs is 1. The van der Waals surface area contributed by atoms with Crippen molar-refractivity contribution in [2.45, 2.75) is 0 Å². The first-order valence-electron chi connectivity index (χ1n) is 9.48. The average molecular weight is 428 g/mol. The Labute approximate surface area is 182 Å². The predicted octanol–water partition coefficient (Wildman–Crippen LogP) is 3.50. The standard InChI is InChI=1S/C23H17FN6O2/c1-31-16-4-5-17-20(11-16)28-9-8-21(17)32-13-23(27)30-22(26)7-6-19(29-30)14-2-3-15(12-25)18(24)10-14/h2-11,26-27H,13H2,1H3. The van der Waals surface area contributed by atoms with E-state index in [0.29, 0.717) is 28.3 Å². The molecular formula is C23H17FN6O2. The number of nitrogens with one attached hydrogen (secondary N) is 2. The van der Waals surface area contributed by atoms with Crippen LogP contribution in [0.2, 0.25) is 0 Å². The minimum absolute atomic E-state index is 0.0270. The zero-order valence-electron chi connectivity index (χ0n) is 17.0. The Morgan fingerprint density at radius 1 is 1.16 bits per heavy atom. The first-order chi connectivity index (χ1) is 15.5. The van der Waals surface area contributed by atoms with Gasteiger partial charge in [0.15, 0.2) is 5.84 Å². The van der Waals surface area contributed by atoms with Crippen molar-refractivity contribution in [3.05, 3.63) is 77.7 Å². The van der Waals surface area contributed by atoms with Crippen LogP contribution < -0.4 is 15.0 Å². The third-order valence-electron chi connectivity index (χ3n) is 4.75. The summed E-state index contributed by atoms with van der Waals surface area (Å²) in [5.74, 6) is 0.460. The van der Waals surface area contributed by atoms with Crippen LogP contribution in [0.3, 0.4) is 0 Å². The largest absolute Gasteiger partial charge is 0.497 e. The summed E-state index contributed by atoms with van der Waals surface area (Å²) in [4.78, 5) is 4.30. The van der Waals surface area contributed by atoms with Crippen LogP contribution >= 0.6 is 0 Å². The molecule has 0 radical (unpaired) electrons. The Morgan fingerprint density at radius 3 is 2.75 bits per heavy atom. The average Bonchev–Trinajstić information content (AvgIpc) is 2.82. The molecule has 9 heteroatoms. The molecule has 0 bridgehead atoms. The molecule has 0 saturated heterocycles. The number of hydrogen-bond donors (Lipinski definition) is 2. The van der Waals surface area contributed by atoms with Crippen molar-refractivity contribution in [3.63, 3.8) is 0 Å². The molecular weight excluding hydrogens is 411 g/mol. The van der Waals surface area contributed by atoms with E-state index in [1.54, 1.807) is 49.7 Å². The number of rotatable bonds is 5. The van der Waals surface area contributed by atoms with E-state index in [4.69, 9.17) is 25.6 Å². The maximum Gasteiger partial charge on any atom is 0.162 e. The maximum absolute atomic E-state index is 14.0. The molecule has 2 heterocycles. The van der Waals surface area contributed by atoms with E-state index in [9.17, 15) is 4.39 Å². The van der Waals surface area contributed by atoms with Gasteiger partial charge in [0, 0.05) is 23.2 Å². The molecule has 32 heavy (non-hydrogen) atoms. The number of nitriles is 1. The molecule has 0 aliphatic carbocycles. The Bertz CT molecular complexity index is 1440. The molecule has 4 rings (SSSR count). The van der Waals surface area contributed by atoms with E-state index < -0.39 is 5.82 Å². The van der Waals surface area contributed by atoms with E-state index in [1.807, 2.05) is 6.07 Å². The molecule has 0 spiro atoms. The minimum atomic E-state index is -0.659. The first-order valence-corrected chi connectivity index (χ1v) is 9.48. The van der Waals surface area contributed by atoms with Crippen LogP contribution in [0.1, 0.15) is 5.56 Å². The highest BCUT2D eigenvalue weighted by Crippen LogP contribution is 2.27. The lowest BCUT2D eigenvalue weighted by Crippen LogP contribution is -2.32. The summed E-state index contributed by atoms with van der Waals surface area (Å²) >= 11 is 0. The van der Waals surface area contributed by atoms with Crippen molar-refractivity contribution in [3.8, 4) is 28.8 Å². The van der Waals surface area contributed by atoms with Gasteiger partial charge in [0.05, 0.1) is 23.9 Å². The van der Waals surface area contributed by atoms with Gasteiger partial charge in [-0.3, -0.25) is 15.8 Å². The third-order valence-corrected chi connectivity index (χ3v) is 4.75. The summed E-state index contributed by atoms with van der Waals surface area (Å²) in [6.07, 6.45) is 1.60. The lowest BCUT2D eigenvalue weighted by atomic mass is 10.1. The SMILES string of the molecule is COc1ccc2c(OCC(=N)n3nc(-c4ccc(C#N)c(F)c4)ccc3=N)ccnc2c1. The van der Waals surface area contributed by atoms with E-state index in [2.05, 4.69) is 10.1 Å². The van der Waals surface area contributed by atoms with Crippen molar-refractivity contribution in [2.24, 2.45) is 0 Å². The second kappa shape index (κ2) is 8.65. The van der Waals surface area contributed by atoms with Crippen molar-refractivity contribution in [2.75, 3.05) is 13.7 Å². The molecule has 0 fully saturated rings. The Balaban J connectivity index is 1.59. The van der Waals surface area contributed by atoms with Gasteiger partial charge in [-0.1, -0.05) is 6.07 Å². The zero-order chi connectivity index (χ0) is 22.7. The van der Waals surface area contributed by atoms with E-state index in [-0.39, 0.29) is 23.5 Å². The molecule has 0 amide bonds. The zero-order valence-corrected chi connectivity index (χ0v) is 17.0. The number of ether oxygens (including phenoxy) is 2. The molecule has 0 saturated carbocycles. The second-order valence-electron chi connectivity index (χ2n) is 6.75. The van der Waals surface area contributed by atoms with Gasteiger partial charge in [-0.25, -0.2) is 4.39 Å². The van der Waals surface area contributed by atoms with Crippen LogP contribution in [-0.4, -0.2) is 34.3 Å². The topological polar surface area (TPSA) is 121 Å². The summed E-state index contributed by atoms with van der Waals surface area (Å²) in [6.45, 7) is -0.153. The first kappa shape index (κ1) is 20.7. The highest BCUT2D eigenvalue weighted by atomic mass is 19.1. The summed E-state index contributed by atoms with van der Waals surface area (Å²) < 4.78 is 26.1. The lowest BCUT2D eigenvalue weighted by Gasteiger charge is -2.12. The van der Waals surface area contributed by atoms with Gasteiger partial charge in [0.2, 0.25) is 0 Å². The fourth-order valence-corrected chi connectivity index (χ4v) is 3.11. The number of aromatic nitrogens is 3. The normalized spacial score (nSPS) is 10.5. The number of hydrogen-bond acceptors (Lipinski definition) is 7. The second-order valence-corrected chi connectivity index (χ2v) is 6.75. The number of benzene rings is 2. The Hall–Kier alpha value is -4.58. The molecule has 0 unspecified atom stereocenters. The summed E-state index contributed by atoms with van der Waals surface area (Å²) in [7, 11) is 1.58. The third kappa shape index (κ3) is 4.02. The quantitative estimate of drug-likeness (QED) is 0.372. The number of pyridine rings is 1. The smallest absolute Gasteiger partial charge is 0.162 e. The van der Waals surface area contributed by atoms with Crippen molar-refractivity contribution in [1.29, 1.82) is 16.1 Å². The number of halogens is 1. The van der Waals surface area contributed by atoms with Crippen LogP contribution in [0, 0.1) is 28.0 Å². The molecule has 0 atom stereocenters. The summed E-state index contributed by atoms with van der Waals surface area (Å²) in [6, 6.07) is 16.0. The number of methoxy groups -OCH3 is 1. The maximum atomic E-state index is 14.0. The molecule has 8 nitrogen and oxygen atoms in total. The highest BCUT2D eigenvalue weighted by molar-refractivity contribution is 5.87. The van der Waals surface area contributed by atoms with Gasteiger partial charge in [0.1, 0.15) is 35.5 Å². The summed E-state index contributed by atoms with van der Waals surface area (Å²) in [5.41, 5.74) is 1.38. The van der Waals surface area contributed by atoms with Crippen LogP contribution in [0.5, 0.6) is 11.5 Å². The van der Waals surface area contributed by atoms with Gasteiger partial charge in [-0.15, -0.1) is 0 Å². The minimum Gasteiger partial charge on any atom is -0.497 e. The van der Waals surface area contributed by atoms with Crippen molar-refractivity contribution < 1.29 is 13.9 Å².